The Balaban J connectivity index is 1.42. The Labute approximate surface area is 145 Å². The van der Waals surface area contributed by atoms with Gasteiger partial charge in [0.1, 0.15) is 18.4 Å². The fraction of sp³-hybridized carbons (Fsp3) is 0.158. The van der Waals surface area contributed by atoms with Gasteiger partial charge in [-0.05, 0) is 24.3 Å². The van der Waals surface area contributed by atoms with Crippen LogP contribution in [-0.4, -0.2) is 34.7 Å². The van der Waals surface area contributed by atoms with Crippen molar-refractivity contribution in [3.63, 3.8) is 0 Å². The molecule has 0 spiro atoms. The van der Waals surface area contributed by atoms with Gasteiger partial charge < -0.3 is 14.8 Å². The third kappa shape index (κ3) is 3.19. The number of rotatable bonds is 4. The van der Waals surface area contributed by atoms with E-state index in [-0.39, 0.29) is 12.0 Å². The summed E-state index contributed by atoms with van der Waals surface area (Å²) >= 11 is 0. The summed E-state index contributed by atoms with van der Waals surface area (Å²) in [4.78, 5) is 16.6. The number of aromatic nitrogens is 2. The molecule has 3 aromatic rings. The van der Waals surface area contributed by atoms with Crippen LogP contribution in [0.15, 0.2) is 67.1 Å². The molecule has 6 nitrogen and oxygen atoms in total. The molecular weight excluding hydrogens is 318 g/mol. The Morgan fingerprint density at radius 2 is 1.88 bits per heavy atom. The van der Waals surface area contributed by atoms with E-state index in [1.807, 2.05) is 54.6 Å². The number of imidazole rings is 1. The molecule has 0 fully saturated rings. The van der Waals surface area contributed by atoms with Crippen LogP contribution in [0.2, 0.25) is 0 Å². The highest BCUT2D eigenvalue weighted by molar-refractivity contribution is 5.93. The SMILES string of the molecule is O=C(NCC1COc2ccccc2O1)c1cncn1-c1ccccc1. The molecule has 1 aromatic heterocycles. The van der Waals surface area contributed by atoms with E-state index >= 15 is 0 Å². The highest BCUT2D eigenvalue weighted by Gasteiger charge is 2.22. The molecule has 1 N–H and O–H groups in total. The average molecular weight is 335 g/mol. The molecule has 0 radical (unpaired) electrons. The van der Waals surface area contributed by atoms with Crippen molar-refractivity contribution in [2.24, 2.45) is 0 Å². The van der Waals surface area contributed by atoms with Gasteiger partial charge in [-0.25, -0.2) is 4.98 Å². The lowest BCUT2D eigenvalue weighted by atomic mass is 10.2. The molecule has 25 heavy (non-hydrogen) atoms. The molecule has 1 aliphatic rings. The first kappa shape index (κ1) is 15.3. The molecule has 4 rings (SSSR count). The van der Waals surface area contributed by atoms with E-state index in [0.29, 0.717) is 24.6 Å². The second-order valence-corrected chi connectivity index (χ2v) is 5.69. The number of hydrogen-bond donors (Lipinski definition) is 1. The second kappa shape index (κ2) is 6.68. The summed E-state index contributed by atoms with van der Waals surface area (Å²) in [6, 6.07) is 17.1. The van der Waals surface area contributed by atoms with Crippen LogP contribution in [0, 0.1) is 0 Å². The number of fused-ring (bicyclic) bond motifs is 1. The van der Waals surface area contributed by atoms with Crippen molar-refractivity contribution in [2.45, 2.75) is 6.10 Å². The van der Waals surface area contributed by atoms with Gasteiger partial charge in [0.2, 0.25) is 0 Å². The lowest BCUT2D eigenvalue weighted by Gasteiger charge is -2.26. The number of carbonyl (C=O) groups is 1. The van der Waals surface area contributed by atoms with Gasteiger partial charge in [-0.15, -0.1) is 0 Å². The van der Waals surface area contributed by atoms with Crippen LogP contribution in [-0.2, 0) is 0 Å². The molecule has 2 aromatic carbocycles. The lowest BCUT2D eigenvalue weighted by molar-refractivity contribution is 0.0785. The van der Waals surface area contributed by atoms with Crippen molar-refractivity contribution >= 4 is 5.91 Å². The normalized spacial score (nSPS) is 15.6. The van der Waals surface area contributed by atoms with Gasteiger partial charge in [-0.1, -0.05) is 30.3 Å². The van der Waals surface area contributed by atoms with Crippen LogP contribution in [0.3, 0.4) is 0 Å². The van der Waals surface area contributed by atoms with Gasteiger partial charge in [0.05, 0.1) is 19.1 Å². The van der Waals surface area contributed by atoms with Crippen molar-refractivity contribution in [2.75, 3.05) is 13.2 Å². The third-order valence-electron chi connectivity index (χ3n) is 3.96. The Kier molecular flexibility index (Phi) is 4.08. The maximum absolute atomic E-state index is 12.5. The van der Waals surface area contributed by atoms with Crippen LogP contribution in [0.25, 0.3) is 5.69 Å². The fourth-order valence-corrected chi connectivity index (χ4v) is 2.72. The zero-order valence-electron chi connectivity index (χ0n) is 13.5. The molecule has 126 valence electrons. The number of amides is 1. The topological polar surface area (TPSA) is 65.4 Å². The number of carbonyl (C=O) groups excluding carboxylic acids is 1. The van der Waals surface area contributed by atoms with Gasteiger partial charge in [0.15, 0.2) is 11.5 Å². The maximum Gasteiger partial charge on any atom is 0.270 e. The van der Waals surface area contributed by atoms with Crippen LogP contribution in [0.4, 0.5) is 0 Å². The molecule has 1 unspecified atom stereocenters. The first-order chi connectivity index (χ1) is 12.3. The molecule has 0 saturated heterocycles. The van der Waals surface area contributed by atoms with E-state index in [2.05, 4.69) is 10.3 Å². The van der Waals surface area contributed by atoms with Gasteiger partial charge in [0.25, 0.3) is 5.91 Å². The van der Waals surface area contributed by atoms with Crippen molar-refractivity contribution in [3.8, 4) is 17.2 Å². The molecular formula is C19H17N3O3. The largest absolute Gasteiger partial charge is 0.486 e. The van der Waals surface area contributed by atoms with Crippen molar-refractivity contribution < 1.29 is 14.3 Å². The second-order valence-electron chi connectivity index (χ2n) is 5.69. The zero-order chi connectivity index (χ0) is 17.1. The maximum atomic E-state index is 12.5. The molecule has 2 heterocycles. The van der Waals surface area contributed by atoms with Gasteiger partial charge in [-0.3, -0.25) is 9.36 Å². The monoisotopic (exact) mass is 335 g/mol. The van der Waals surface area contributed by atoms with E-state index in [0.717, 1.165) is 11.4 Å². The molecule has 6 heteroatoms. The smallest absolute Gasteiger partial charge is 0.270 e. The Bertz CT molecular complexity index is 876. The van der Waals surface area contributed by atoms with Crippen molar-refractivity contribution in [1.82, 2.24) is 14.9 Å². The summed E-state index contributed by atoms with van der Waals surface area (Å²) in [5.74, 6) is 1.22. The van der Waals surface area contributed by atoms with E-state index in [1.165, 1.54) is 0 Å². The van der Waals surface area contributed by atoms with Crippen molar-refractivity contribution in [1.29, 1.82) is 0 Å². The van der Waals surface area contributed by atoms with Gasteiger partial charge in [-0.2, -0.15) is 0 Å². The summed E-state index contributed by atoms with van der Waals surface area (Å²) in [7, 11) is 0. The van der Waals surface area contributed by atoms with Crippen LogP contribution < -0.4 is 14.8 Å². The summed E-state index contributed by atoms with van der Waals surface area (Å²) in [6.07, 6.45) is 2.95. The van der Waals surface area contributed by atoms with Gasteiger partial charge >= 0.3 is 0 Å². The third-order valence-corrected chi connectivity index (χ3v) is 3.96. The van der Waals surface area contributed by atoms with E-state index in [1.54, 1.807) is 17.1 Å². The predicted molar refractivity (Wildman–Crippen MR) is 92.3 cm³/mol. The fourth-order valence-electron chi connectivity index (χ4n) is 2.72. The van der Waals surface area contributed by atoms with E-state index in [4.69, 9.17) is 9.47 Å². The first-order valence-corrected chi connectivity index (χ1v) is 8.06. The zero-order valence-corrected chi connectivity index (χ0v) is 13.5. The summed E-state index contributed by atoms with van der Waals surface area (Å²) in [5.41, 5.74) is 1.36. The number of para-hydroxylation sites is 3. The molecule has 0 bridgehead atoms. The molecule has 1 atom stereocenters. The lowest BCUT2D eigenvalue weighted by Crippen LogP contribution is -2.41. The van der Waals surface area contributed by atoms with Crippen molar-refractivity contribution in [3.05, 3.63) is 72.8 Å². The molecule has 1 amide bonds. The van der Waals surface area contributed by atoms with E-state index < -0.39 is 0 Å². The number of ether oxygens (including phenoxy) is 2. The number of hydrogen-bond acceptors (Lipinski definition) is 4. The minimum atomic E-state index is -0.230. The minimum Gasteiger partial charge on any atom is -0.486 e. The summed E-state index contributed by atoms with van der Waals surface area (Å²) in [6.45, 7) is 0.752. The highest BCUT2D eigenvalue weighted by atomic mass is 16.6. The Morgan fingerprint density at radius 1 is 1.12 bits per heavy atom. The summed E-state index contributed by atoms with van der Waals surface area (Å²) < 4.78 is 13.3. The van der Waals surface area contributed by atoms with Crippen LogP contribution >= 0.6 is 0 Å². The number of benzene rings is 2. The summed E-state index contributed by atoms with van der Waals surface area (Å²) in [5, 5.41) is 2.89. The average Bonchev–Trinajstić information content (AvgIpc) is 3.16. The molecule has 0 saturated carbocycles. The standard InChI is InChI=1S/C19H17N3O3/c23-19(16-11-20-13-22(16)14-6-2-1-3-7-14)21-10-15-12-24-17-8-4-5-9-18(17)25-15/h1-9,11,13,15H,10,12H2,(H,21,23). The van der Waals surface area contributed by atoms with E-state index in [9.17, 15) is 4.79 Å². The number of nitrogens with one attached hydrogen (secondary N) is 1. The Morgan fingerprint density at radius 3 is 2.72 bits per heavy atom. The predicted octanol–water partition coefficient (Wildman–Crippen LogP) is 2.44. The quantitative estimate of drug-likeness (QED) is 0.795. The van der Waals surface area contributed by atoms with Crippen LogP contribution in [0.1, 0.15) is 10.5 Å². The minimum absolute atomic E-state index is 0.205. The molecule has 1 aliphatic heterocycles. The van der Waals surface area contributed by atoms with Crippen LogP contribution in [0.5, 0.6) is 11.5 Å². The molecule has 0 aliphatic carbocycles. The first-order valence-electron chi connectivity index (χ1n) is 8.06. The Hall–Kier alpha value is -3.28. The van der Waals surface area contributed by atoms with Gasteiger partial charge in [0, 0.05) is 5.69 Å². The highest BCUT2D eigenvalue weighted by Crippen LogP contribution is 2.30. The number of nitrogens with zero attached hydrogens (tertiary/aromatic N) is 2.